The Morgan fingerprint density at radius 3 is 2.46 bits per heavy atom. The summed E-state index contributed by atoms with van der Waals surface area (Å²) in [4.78, 5) is 41.5. The van der Waals surface area contributed by atoms with Gasteiger partial charge in [0, 0.05) is 6.21 Å². The van der Waals surface area contributed by atoms with E-state index in [2.05, 4.69) is 10.3 Å². The number of imide groups is 2. The number of carbonyl (C=O) groups is 3. The second kappa shape index (κ2) is 7.26. The maximum Gasteiger partial charge on any atom is 0.416 e. The Hall–Kier alpha value is -3.49. The average molecular weight is 389 g/mol. The molecule has 0 saturated carbocycles. The lowest BCUT2D eigenvalue weighted by Gasteiger charge is -2.28. The maximum atomic E-state index is 12.8. The van der Waals surface area contributed by atoms with Crippen molar-refractivity contribution in [2.45, 2.75) is 13.1 Å². The van der Waals surface area contributed by atoms with E-state index < -0.39 is 35.5 Å². The molecule has 1 fully saturated rings. The fourth-order valence-electron chi connectivity index (χ4n) is 2.66. The predicted octanol–water partition coefficient (Wildman–Crippen LogP) is 3.62. The van der Waals surface area contributed by atoms with Gasteiger partial charge in [-0.3, -0.25) is 19.9 Å². The highest BCUT2D eigenvalue weighted by Crippen LogP contribution is 2.31. The number of urea groups is 1. The molecule has 0 unspecified atom stereocenters. The van der Waals surface area contributed by atoms with E-state index >= 15 is 0 Å². The molecule has 1 aliphatic heterocycles. The molecule has 0 aliphatic carbocycles. The number of anilines is 1. The molecule has 0 radical (unpaired) electrons. The summed E-state index contributed by atoms with van der Waals surface area (Å²) in [6, 6.07) is 9.79. The van der Waals surface area contributed by atoms with E-state index in [0.29, 0.717) is 0 Å². The second-order valence-electron chi connectivity index (χ2n) is 6.11. The minimum atomic E-state index is -4.54. The summed E-state index contributed by atoms with van der Waals surface area (Å²) in [6.45, 7) is 1.77. The number of carbonyl (C=O) groups excluding carboxylic acids is 3. The lowest BCUT2D eigenvalue weighted by atomic mass is 10.1. The van der Waals surface area contributed by atoms with Crippen LogP contribution in [0.15, 0.2) is 53.5 Å². The van der Waals surface area contributed by atoms with Gasteiger partial charge in [-0.2, -0.15) is 13.2 Å². The molecule has 1 atom stereocenters. The van der Waals surface area contributed by atoms with Crippen LogP contribution in [0.4, 0.5) is 29.3 Å². The number of hydrogen-bond donors (Lipinski definition) is 1. The molecule has 2 aromatic rings. The van der Waals surface area contributed by atoms with Crippen LogP contribution in [-0.4, -0.2) is 24.1 Å². The van der Waals surface area contributed by atoms with Crippen LogP contribution in [0, 0.1) is 12.8 Å². The van der Waals surface area contributed by atoms with Gasteiger partial charge in [0.2, 0.25) is 5.91 Å². The number of benzene rings is 2. The number of nitrogens with zero attached hydrogens (tertiary/aromatic N) is 2. The van der Waals surface area contributed by atoms with Gasteiger partial charge in [-0.25, -0.2) is 9.69 Å². The molecule has 0 spiro atoms. The number of amides is 4. The average Bonchev–Trinajstić information content (AvgIpc) is 2.61. The lowest BCUT2D eigenvalue weighted by molar-refractivity contribution is -0.137. The van der Waals surface area contributed by atoms with Crippen molar-refractivity contribution in [1.29, 1.82) is 0 Å². The molecule has 1 N–H and O–H groups in total. The van der Waals surface area contributed by atoms with Crippen LogP contribution in [0.3, 0.4) is 0 Å². The molecule has 0 aromatic heterocycles. The van der Waals surface area contributed by atoms with Crippen LogP contribution in [0.25, 0.3) is 0 Å². The van der Waals surface area contributed by atoms with Gasteiger partial charge in [-0.15, -0.1) is 0 Å². The van der Waals surface area contributed by atoms with Crippen LogP contribution >= 0.6 is 0 Å². The Bertz CT molecular complexity index is 986. The summed E-state index contributed by atoms with van der Waals surface area (Å²) in [5.74, 6) is -3.18. The molecule has 144 valence electrons. The van der Waals surface area contributed by atoms with Gasteiger partial charge in [0.05, 0.1) is 16.9 Å². The highest BCUT2D eigenvalue weighted by Gasteiger charge is 2.40. The van der Waals surface area contributed by atoms with Crippen molar-refractivity contribution in [3.05, 3.63) is 59.7 Å². The van der Waals surface area contributed by atoms with Crippen molar-refractivity contribution in [1.82, 2.24) is 5.32 Å². The third-order valence-electron chi connectivity index (χ3n) is 4.01. The van der Waals surface area contributed by atoms with Crippen LogP contribution < -0.4 is 10.2 Å². The van der Waals surface area contributed by atoms with Crippen molar-refractivity contribution in [3.8, 4) is 0 Å². The number of halogens is 3. The van der Waals surface area contributed by atoms with E-state index in [1.165, 1.54) is 18.2 Å². The third kappa shape index (κ3) is 3.93. The molecule has 0 bridgehead atoms. The van der Waals surface area contributed by atoms with Crippen LogP contribution in [0.1, 0.15) is 11.1 Å². The van der Waals surface area contributed by atoms with Gasteiger partial charge >= 0.3 is 12.2 Å². The zero-order valence-corrected chi connectivity index (χ0v) is 14.5. The van der Waals surface area contributed by atoms with Crippen molar-refractivity contribution in [2.75, 3.05) is 4.90 Å². The minimum Gasteiger partial charge on any atom is -0.276 e. The summed E-state index contributed by atoms with van der Waals surface area (Å²) in [5.41, 5.74) is 0.0872. The lowest BCUT2D eigenvalue weighted by Crippen LogP contribution is -2.58. The normalized spacial score (nSPS) is 17.9. The van der Waals surface area contributed by atoms with Gasteiger partial charge in [-0.1, -0.05) is 18.2 Å². The second-order valence-corrected chi connectivity index (χ2v) is 6.11. The zero-order chi connectivity index (χ0) is 20.5. The smallest absolute Gasteiger partial charge is 0.276 e. The first-order valence-electron chi connectivity index (χ1n) is 8.14. The van der Waals surface area contributed by atoms with Gasteiger partial charge in [0.1, 0.15) is 0 Å². The van der Waals surface area contributed by atoms with E-state index in [-0.39, 0.29) is 11.4 Å². The monoisotopic (exact) mass is 389 g/mol. The predicted molar refractivity (Wildman–Crippen MR) is 95.3 cm³/mol. The molecule has 9 heteroatoms. The highest BCUT2D eigenvalue weighted by molar-refractivity contribution is 6.32. The number of nitrogens with one attached hydrogen (secondary N) is 1. The first kappa shape index (κ1) is 19.3. The summed E-state index contributed by atoms with van der Waals surface area (Å²) in [7, 11) is 0. The fourth-order valence-corrected chi connectivity index (χ4v) is 2.66. The van der Waals surface area contributed by atoms with Crippen LogP contribution in [0.2, 0.25) is 0 Å². The Morgan fingerprint density at radius 1 is 1.07 bits per heavy atom. The molecule has 1 heterocycles. The van der Waals surface area contributed by atoms with Gasteiger partial charge in [0.25, 0.3) is 5.91 Å². The minimum absolute atomic E-state index is 0.0746. The van der Waals surface area contributed by atoms with E-state index in [9.17, 15) is 27.6 Å². The van der Waals surface area contributed by atoms with Crippen LogP contribution in [0.5, 0.6) is 0 Å². The Kier molecular flexibility index (Phi) is 5.00. The Balaban J connectivity index is 1.89. The fraction of sp³-hybridized carbons (Fsp3) is 0.158. The maximum absolute atomic E-state index is 12.8. The van der Waals surface area contributed by atoms with Crippen molar-refractivity contribution < 1.29 is 27.6 Å². The summed E-state index contributed by atoms with van der Waals surface area (Å²) in [6.07, 6.45) is -3.61. The molecule has 28 heavy (non-hydrogen) atoms. The van der Waals surface area contributed by atoms with Crippen molar-refractivity contribution in [2.24, 2.45) is 10.9 Å². The molecule has 1 saturated heterocycles. The summed E-state index contributed by atoms with van der Waals surface area (Å²) < 4.78 is 38.4. The van der Waals surface area contributed by atoms with Gasteiger partial charge in [-0.05, 0) is 42.8 Å². The number of aliphatic imine (C=N–C) groups is 1. The molecule has 3 rings (SSSR count). The number of barbiturate groups is 1. The molecular formula is C19H14F3N3O3. The van der Waals surface area contributed by atoms with Crippen LogP contribution in [-0.2, 0) is 15.8 Å². The molecular weight excluding hydrogens is 375 g/mol. The number of hydrogen-bond acceptors (Lipinski definition) is 4. The summed E-state index contributed by atoms with van der Waals surface area (Å²) >= 11 is 0. The van der Waals surface area contributed by atoms with E-state index in [1.54, 1.807) is 25.1 Å². The molecule has 2 aromatic carbocycles. The number of alkyl halides is 3. The number of rotatable bonds is 3. The SMILES string of the molecule is Cc1cccc(N2C(=O)NC(=O)[C@H](C=Nc3cccc(C(F)(F)F)c3)C2=O)c1. The van der Waals surface area contributed by atoms with Crippen molar-refractivity contribution >= 4 is 35.4 Å². The summed E-state index contributed by atoms with van der Waals surface area (Å²) in [5, 5.41) is 2.06. The van der Waals surface area contributed by atoms with Crippen molar-refractivity contribution in [3.63, 3.8) is 0 Å². The van der Waals surface area contributed by atoms with Gasteiger partial charge in [0.15, 0.2) is 5.92 Å². The number of aryl methyl sites for hydroxylation is 1. The van der Waals surface area contributed by atoms with Gasteiger partial charge < -0.3 is 0 Å². The molecule has 6 nitrogen and oxygen atoms in total. The molecule has 1 aliphatic rings. The standard InChI is InChI=1S/C19H14F3N3O3/c1-11-4-2-7-14(8-11)25-17(27)15(16(26)24-18(25)28)10-23-13-6-3-5-12(9-13)19(20,21)22/h2-10,15H,1H3,(H,24,26,28)/t15-/m0/s1. The van der Waals surface area contributed by atoms with E-state index in [1.807, 2.05) is 0 Å². The third-order valence-corrected chi connectivity index (χ3v) is 4.01. The quantitative estimate of drug-likeness (QED) is 0.643. The zero-order valence-electron chi connectivity index (χ0n) is 14.5. The Morgan fingerprint density at radius 2 is 1.79 bits per heavy atom. The highest BCUT2D eigenvalue weighted by atomic mass is 19.4. The Labute approximate surface area is 157 Å². The van der Waals surface area contributed by atoms with E-state index in [4.69, 9.17) is 0 Å². The van der Waals surface area contributed by atoms with E-state index in [0.717, 1.165) is 28.8 Å². The topological polar surface area (TPSA) is 78.8 Å². The first-order chi connectivity index (χ1) is 13.2. The largest absolute Gasteiger partial charge is 0.416 e. The molecule has 4 amide bonds. The first-order valence-corrected chi connectivity index (χ1v) is 8.14.